The van der Waals surface area contributed by atoms with Crippen molar-refractivity contribution in [2.75, 3.05) is 6.61 Å². The van der Waals surface area contributed by atoms with Crippen molar-refractivity contribution in [2.45, 2.75) is 39.2 Å². The number of nitrogens with two attached hydrogens (primary N) is 1. The zero-order chi connectivity index (χ0) is 14.6. The first-order valence-corrected chi connectivity index (χ1v) is 6.99. The molecule has 0 heterocycles. The van der Waals surface area contributed by atoms with Gasteiger partial charge in [0.15, 0.2) is 0 Å². The number of aryl methyl sites for hydroxylation is 1. The number of hydrogen-bond acceptors (Lipinski definition) is 3. The van der Waals surface area contributed by atoms with Crippen LogP contribution in [0.2, 0.25) is 10.0 Å². The zero-order valence-corrected chi connectivity index (χ0v) is 12.9. The molecule has 0 aromatic heterocycles. The van der Waals surface area contributed by atoms with Crippen molar-refractivity contribution in [1.82, 2.24) is 0 Å². The lowest BCUT2D eigenvalue weighted by Gasteiger charge is -2.24. The molecule has 1 aromatic rings. The molecule has 2 atom stereocenters. The molecule has 1 rings (SSSR count). The fourth-order valence-corrected chi connectivity index (χ4v) is 2.59. The Bertz CT molecular complexity index is 461. The summed E-state index contributed by atoms with van der Waals surface area (Å²) >= 11 is 12.3. The van der Waals surface area contributed by atoms with Crippen molar-refractivity contribution in [3.05, 3.63) is 33.3 Å². The first-order valence-electron chi connectivity index (χ1n) is 6.24. The molecular weight excluding hydrogens is 285 g/mol. The minimum Gasteiger partial charge on any atom is -0.466 e. The van der Waals surface area contributed by atoms with E-state index >= 15 is 0 Å². The van der Waals surface area contributed by atoms with Gasteiger partial charge >= 0.3 is 5.97 Å². The average molecular weight is 304 g/mol. The highest BCUT2D eigenvalue weighted by Gasteiger charge is 2.25. The van der Waals surface area contributed by atoms with E-state index in [4.69, 9.17) is 33.7 Å². The van der Waals surface area contributed by atoms with Crippen molar-refractivity contribution >= 4 is 29.2 Å². The number of benzene rings is 1. The van der Waals surface area contributed by atoms with Crippen LogP contribution in [0.4, 0.5) is 0 Å². The van der Waals surface area contributed by atoms with E-state index in [2.05, 4.69) is 0 Å². The maximum absolute atomic E-state index is 11.7. The molecule has 0 aliphatic heterocycles. The Labute approximate surface area is 124 Å². The summed E-state index contributed by atoms with van der Waals surface area (Å²) in [6.07, 6.45) is 0.201. The number of esters is 1. The molecule has 3 nitrogen and oxygen atoms in total. The van der Waals surface area contributed by atoms with Gasteiger partial charge in [-0.05, 0) is 38.0 Å². The third-order valence-corrected chi connectivity index (χ3v) is 3.87. The summed E-state index contributed by atoms with van der Waals surface area (Å²) in [5.74, 6) is -0.481. The topological polar surface area (TPSA) is 52.3 Å². The quantitative estimate of drug-likeness (QED) is 0.844. The summed E-state index contributed by atoms with van der Waals surface area (Å²) in [4.78, 5) is 11.7. The maximum atomic E-state index is 11.7. The van der Waals surface area contributed by atoms with Gasteiger partial charge in [0.25, 0.3) is 0 Å². The smallest absolute Gasteiger partial charge is 0.306 e. The molecule has 106 valence electrons. The molecule has 2 N–H and O–H groups in total. The lowest BCUT2D eigenvalue weighted by atomic mass is 9.87. The van der Waals surface area contributed by atoms with E-state index in [0.29, 0.717) is 16.7 Å². The van der Waals surface area contributed by atoms with Crippen LogP contribution in [0.15, 0.2) is 12.1 Å². The lowest BCUT2D eigenvalue weighted by molar-refractivity contribution is -0.143. The lowest BCUT2D eigenvalue weighted by Crippen LogP contribution is -2.28. The molecule has 0 saturated carbocycles. The van der Waals surface area contributed by atoms with Gasteiger partial charge in [-0.3, -0.25) is 4.79 Å². The summed E-state index contributed by atoms with van der Waals surface area (Å²) in [5.41, 5.74) is 7.80. The van der Waals surface area contributed by atoms with Crippen molar-refractivity contribution in [3.63, 3.8) is 0 Å². The van der Waals surface area contributed by atoms with Crippen LogP contribution >= 0.6 is 23.2 Å². The maximum Gasteiger partial charge on any atom is 0.306 e. The molecule has 0 bridgehead atoms. The van der Waals surface area contributed by atoms with Crippen LogP contribution in [0, 0.1) is 6.92 Å². The third kappa shape index (κ3) is 4.10. The minimum atomic E-state index is -0.278. The van der Waals surface area contributed by atoms with E-state index in [0.717, 1.165) is 11.1 Å². The van der Waals surface area contributed by atoms with Crippen LogP contribution in [0.5, 0.6) is 0 Å². The van der Waals surface area contributed by atoms with Gasteiger partial charge in [0.05, 0.1) is 23.1 Å². The zero-order valence-electron chi connectivity index (χ0n) is 11.4. The molecule has 0 aliphatic carbocycles. The minimum absolute atomic E-state index is 0.201. The Hall–Kier alpha value is -0.770. The second-order valence-electron chi connectivity index (χ2n) is 4.57. The van der Waals surface area contributed by atoms with E-state index in [1.807, 2.05) is 19.9 Å². The highest BCUT2D eigenvalue weighted by molar-refractivity contribution is 6.42. The van der Waals surface area contributed by atoms with Crippen LogP contribution in [0.1, 0.15) is 37.3 Å². The van der Waals surface area contributed by atoms with E-state index in [-0.39, 0.29) is 24.3 Å². The Morgan fingerprint density at radius 2 is 2.05 bits per heavy atom. The van der Waals surface area contributed by atoms with Gasteiger partial charge < -0.3 is 10.5 Å². The molecule has 0 fully saturated rings. The fourth-order valence-electron chi connectivity index (χ4n) is 2.07. The first-order chi connectivity index (χ1) is 8.88. The van der Waals surface area contributed by atoms with Gasteiger partial charge in [-0.15, -0.1) is 0 Å². The number of halogens is 2. The Morgan fingerprint density at radius 1 is 1.42 bits per heavy atom. The van der Waals surface area contributed by atoms with E-state index in [1.54, 1.807) is 13.0 Å². The summed E-state index contributed by atoms with van der Waals surface area (Å²) in [6, 6.07) is 3.40. The predicted octanol–water partition coefficient (Wildman–Crippen LogP) is 3.69. The van der Waals surface area contributed by atoms with Crippen LogP contribution in [0.3, 0.4) is 0 Å². The number of carbonyl (C=O) groups is 1. The second-order valence-corrected chi connectivity index (χ2v) is 5.35. The van der Waals surface area contributed by atoms with Gasteiger partial charge in [-0.2, -0.15) is 0 Å². The number of hydrogen-bond donors (Lipinski definition) is 1. The number of rotatable bonds is 5. The summed E-state index contributed by atoms with van der Waals surface area (Å²) in [7, 11) is 0. The monoisotopic (exact) mass is 303 g/mol. The van der Waals surface area contributed by atoms with E-state index in [1.165, 1.54) is 0 Å². The van der Waals surface area contributed by atoms with Gasteiger partial charge in [-0.1, -0.05) is 29.3 Å². The molecule has 0 spiro atoms. The number of ether oxygens (including phenoxy) is 1. The summed E-state index contributed by atoms with van der Waals surface area (Å²) < 4.78 is 4.98. The molecule has 0 amide bonds. The molecule has 0 radical (unpaired) electrons. The highest BCUT2D eigenvalue weighted by atomic mass is 35.5. The van der Waals surface area contributed by atoms with Crippen LogP contribution in [-0.4, -0.2) is 18.6 Å². The van der Waals surface area contributed by atoms with Gasteiger partial charge in [0, 0.05) is 12.0 Å². The number of carbonyl (C=O) groups excluding carboxylic acids is 1. The first kappa shape index (κ1) is 16.3. The van der Waals surface area contributed by atoms with Crippen molar-refractivity contribution in [1.29, 1.82) is 0 Å². The van der Waals surface area contributed by atoms with Gasteiger partial charge in [0.1, 0.15) is 0 Å². The Kier molecular flexibility index (Phi) is 6.11. The van der Waals surface area contributed by atoms with Crippen LogP contribution in [0.25, 0.3) is 0 Å². The van der Waals surface area contributed by atoms with Crippen molar-refractivity contribution in [3.8, 4) is 0 Å². The molecule has 0 unspecified atom stereocenters. The molecule has 5 heteroatoms. The Balaban J connectivity index is 3.13. The van der Waals surface area contributed by atoms with Gasteiger partial charge in [0.2, 0.25) is 0 Å². The van der Waals surface area contributed by atoms with Crippen LogP contribution < -0.4 is 5.73 Å². The van der Waals surface area contributed by atoms with E-state index < -0.39 is 0 Å². The van der Waals surface area contributed by atoms with Gasteiger partial charge in [-0.25, -0.2) is 0 Å². The third-order valence-electron chi connectivity index (χ3n) is 3.05. The highest BCUT2D eigenvalue weighted by Crippen LogP contribution is 2.36. The average Bonchev–Trinajstić information content (AvgIpc) is 2.33. The van der Waals surface area contributed by atoms with E-state index in [9.17, 15) is 4.79 Å². The second kappa shape index (κ2) is 7.13. The summed E-state index contributed by atoms with van der Waals surface area (Å²) in [5, 5.41) is 0.935. The SMILES string of the molecule is CCOC(=O)C[C@H](c1c(C)ccc(Cl)c1Cl)[C@H](C)N. The predicted molar refractivity (Wildman–Crippen MR) is 78.8 cm³/mol. The molecule has 0 saturated heterocycles. The normalized spacial score (nSPS) is 14.0. The molecule has 19 heavy (non-hydrogen) atoms. The molecule has 0 aliphatic rings. The standard InChI is InChI=1S/C14H19Cl2NO2/c1-4-19-12(18)7-10(9(3)17)13-8(2)5-6-11(15)14(13)16/h5-6,9-10H,4,7,17H2,1-3H3/t9-,10-/m0/s1. The van der Waals surface area contributed by atoms with Crippen LogP contribution in [-0.2, 0) is 9.53 Å². The largest absolute Gasteiger partial charge is 0.466 e. The van der Waals surface area contributed by atoms with Crippen molar-refractivity contribution < 1.29 is 9.53 Å². The summed E-state index contributed by atoms with van der Waals surface area (Å²) in [6.45, 7) is 5.90. The fraction of sp³-hybridized carbons (Fsp3) is 0.500. The van der Waals surface area contributed by atoms with Crippen molar-refractivity contribution in [2.24, 2.45) is 5.73 Å². The molecule has 1 aromatic carbocycles. The Morgan fingerprint density at radius 3 is 2.58 bits per heavy atom. The molecular formula is C14H19Cl2NO2.